The third kappa shape index (κ3) is 3.21. The third-order valence-electron chi connectivity index (χ3n) is 6.21. The molecule has 2 saturated heterocycles. The zero-order chi connectivity index (χ0) is 15.8. The smallest absolute Gasteiger partial charge is 0.227 e. The first-order valence-corrected chi connectivity index (χ1v) is 9.24. The molecule has 24 heavy (non-hydrogen) atoms. The molecular weight excluding hydrogens is 324 g/mol. The minimum Gasteiger partial charge on any atom is -0.339 e. The number of rotatable bonds is 2. The van der Waals surface area contributed by atoms with Crippen molar-refractivity contribution in [1.29, 1.82) is 0 Å². The third-order valence-corrected chi connectivity index (χ3v) is 6.21. The fraction of sp³-hybridized carbons (Fsp3) is 0.778. The van der Waals surface area contributed by atoms with Crippen molar-refractivity contribution >= 4 is 18.3 Å². The van der Waals surface area contributed by atoms with E-state index >= 15 is 0 Å². The minimum absolute atomic E-state index is 0. The molecule has 1 aromatic rings. The summed E-state index contributed by atoms with van der Waals surface area (Å²) in [6.07, 6.45) is 11.7. The Morgan fingerprint density at radius 3 is 2.79 bits per heavy atom. The van der Waals surface area contributed by atoms with E-state index in [4.69, 9.17) is 0 Å². The van der Waals surface area contributed by atoms with Crippen molar-refractivity contribution in [2.45, 2.75) is 50.5 Å². The number of fused-ring (bicyclic) bond motifs is 1. The number of aryl methyl sites for hydroxylation is 1. The van der Waals surface area contributed by atoms with Crippen LogP contribution in [0.1, 0.15) is 50.0 Å². The van der Waals surface area contributed by atoms with Crippen molar-refractivity contribution < 1.29 is 4.79 Å². The van der Waals surface area contributed by atoms with E-state index in [1.54, 1.807) is 0 Å². The van der Waals surface area contributed by atoms with E-state index in [1.807, 2.05) is 17.9 Å². The van der Waals surface area contributed by atoms with Gasteiger partial charge in [0.2, 0.25) is 5.91 Å². The van der Waals surface area contributed by atoms with Gasteiger partial charge in [-0.1, -0.05) is 12.8 Å². The average molecular weight is 353 g/mol. The maximum absolute atomic E-state index is 13.3. The van der Waals surface area contributed by atoms with Crippen molar-refractivity contribution in [3.63, 3.8) is 0 Å². The van der Waals surface area contributed by atoms with Crippen LogP contribution in [0.5, 0.6) is 0 Å². The van der Waals surface area contributed by atoms with E-state index in [1.165, 1.54) is 44.1 Å². The summed E-state index contributed by atoms with van der Waals surface area (Å²) in [5, 5.41) is 7.73. The number of carbonyl (C=O) groups is 1. The molecule has 1 saturated carbocycles. The summed E-state index contributed by atoms with van der Waals surface area (Å²) in [6, 6.07) is 0.514. The molecule has 5 nitrogen and oxygen atoms in total. The number of nitrogens with zero attached hydrogens (tertiary/aromatic N) is 3. The Morgan fingerprint density at radius 1 is 1.21 bits per heavy atom. The molecule has 4 rings (SSSR count). The Kier molecular flexibility index (Phi) is 5.50. The van der Waals surface area contributed by atoms with Crippen LogP contribution in [0.25, 0.3) is 0 Å². The van der Waals surface area contributed by atoms with Gasteiger partial charge in [0.1, 0.15) is 0 Å². The number of piperidine rings is 1. The highest BCUT2D eigenvalue weighted by molar-refractivity contribution is 5.85. The van der Waals surface area contributed by atoms with Crippen LogP contribution in [0.3, 0.4) is 0 Å². The topological polar surface area (TPSA) is 50.2 Å². The van der Waals surface area contributed by atoms with Crippen LogP contribution >= 0.6 is 12.4 Å². The molecule has 1 N–H and O–H groups in total. The summed E-state index contributed by atoms with van der Waals surface area (Å²) < 4.78 is 1.84. The number of hydrogen-bond acceptors (Lipinski definition) is 3. The number of carbonyl (C=O) groups excluding carboxylic acids is 1. The van der Waals surface area contributed by atoms with Gasteiger partial charge in [-0.25, -0.2) is 0 Å². The first kappa shape index (κ1) is 17.7. The molecule has 0 bridgehead atoms. The lowest BCUT2D eigenvalue weighted by Crippen LogP contribution is -2.52. The molecule has 3 aliphatic rings. The lowest BCUT2D eigenvalue weighted by molar-refractivity contribution is -0.141. The van der Waals surface area contributed by atoms with Gasteiger partial charge in [0.25, 0.3) is 0 Å². The van der Waals surface area contributed by atoms with Gasteiger partial charge in [0, 0.05) is 44.8 Å². The standard InChI is InChI=1S/C18H28N4O.ClH/c1-21-12-14(9-20-21)15-10-19-11-16(15)18(23)22-8-4-6-13-5-2-3-7-17(13)22;/h9,12-13,15-17,19H,2-8,10-11H2,1H3;1H/t13?,15-,16+,17?;/m1./s1. The van der Waals surface area contributed by atoms with Crippen LogP contribution < -0.4 is 5.32 Å². The Morgan fingerprint density at radius 2 is 2.00 bits per heavy atom. The van der Waals surface area contributed by atoms with Crippen molar-refractivity contribution in [1.82, 2.24) is 20.0 Å². The van der Waals surface area contributed by atoms with E-state index in [-0.39, 0.29) is 24.2 Å². The fourth-order valence-electron chi connectivity index (χ4n) is 5.03. The Hall–Kier alpha value is -1.07. The molecule has 1 aromatic heterocycles. The van der Waals surface area contributed by atoms with Gasteiger partial charge < -0.3 is 10.2 Å². The fourth-order valence-corrected chi connectivity index (χ4v) is 5.03. The molecule has 0 aromatic carbocycles. The summed E-state index contributed by atoms with van der Waals surface area (Å²) >= 11 is 0. The van der Waals surface area contributed by atoms with E-state index in [9.17, 15) is 4.79 Å². The van der Waals surface area contributed by atoms with Gasteiger partial charge in [-0.05, 0) is 37.2 Å². The van der Waals surface area contributed by atoms with E-state index in [0.29, 0.717) is 11.9 Å². The second-order valence-electron chi connectivity index (χ2n) is 7.60. The molecule has 134 valence electrons. The summed E-state index contributed by atoms with van der Waals surface area (Å²) in [5.74, 6) is 1.51. The predicted octanol–water partition coefficient (Wildman–Crippen LogP) is 2.33. The average Bonchev–Trinajstić information content (AvgIpc) is 3.22. The predicted molar refractivity (Wildman–Crippen MR) is 96.2 cm³/mol. The summed E-state index contributed by atoms with van der Waals surface area (Å²) in [6.45, 7) is 2.67. The molecule has 3 heterocycles. The van der Waals surface area contributed by atoms with Gasteiger partial charge >= 0.3 is 0 Å². The minimum atomic E-state index is 0. The molecule has 0 spiro atoms. The SMILES string of the molecule is Cl.Cn1cc([C@H]2CNC[C@@H]2C(=O)N2CCCC3CCCCC32)cn1. The highest BCUT2D eigenvalue weighted by Crippen LogP contribution is 2.38. The number of nitrogens with one attached hydrogen (secondary N) is 1. The first-order valence-electron chi connectivity index (χ1n) is 9.24. The van der Waals surface area contributed by atoms with Crippen LogP contribution in [-0.2, 0) is 11.8 Å². The van der Waals surface area contributed by atoms with Crippen molar-refractivity contribution in [2.24, 2.45) is 18.9 Å². The zero-order valence-corrected chi connectivity index (χ0v) is 15.3. The molecular formula is C18H29ClN4O. The summed E-state index contributed by atoms with van der Waals surface area (Å²) in [7, 11) is 1.94. The summed E-state index contributed by atoms with van der Waals surface area (Å²) in [4.78, 5) is 15.6. The van der Waals surface area contributed by atoms with Crippen LogP contribution in [0.4, 0.5) is 0 Å². The van der Waals surface area contributed by atoms with Crippen molar-refractivity contribution in [3.8, 4) is 0 Å². The lowest BCUT2D eigenvalue weighted by Gasteiger charge is -2.45. The van der Waals surface area contributed by atoms with Gasteiger partial charge in [-0.2, -0.15) is 5.10 Å². The maximum atomic E-state index is 13.3. The Labute approximate surface area is 150 Å². The quantitative estimate of drug-likeness (QED) is 0.888. The molecule has 3 fully saturated rings. The number of likely N-dealkylation sites (tertiary alicyclic amines) is 1. The van der Waals surface area contributed by atoms with Crippen LogP contribution in [0, 0.1) is 11.8 Å². The number of halogens is 1. The number of hydrogen-bond donors (Lipinski definition) is 1. The van der Waals surface area contributed by atoms with Crippen molar-refractivity contribution in [3.05, 3.63) is 18.0 Å². The number of amides is 1. The molecule has 2 unspecified atom stereocenters. The van der Waals surface area contributed by atoms with Crippen LogP contribution in [0.15, 0.2) is 12.4 Å². The van der Waals surface area contributed by atoms with Crippen LogP contribution in [-0.4, -0.2) is 46.3 Å². The van der Waals surface area contributed by atoms with E-state index in [2.05, 4.69) is 21.5 Å². The highest BCUT2D eigenvalue weighted by atomic mass is 35.5. The van der Waals surface area contributed by atoms with E-state index in [0.717, 1.165) is 25.6 Å². The van der Waals surface area contributed by atoms with Crippen molar-refractivity contribution in [2.75, 3.05) is 19.6 Å². The largest absolute Gasteiger partial charge is 0.339 e. The molecule has 2 aliphatic heterocycles. The zero-order valence-electron chi connectivity index (χ0n) is 14.5. The van der Waals surface area contributed by atoms with Crippen LogP contribution in [0.2, 0.25) is 0 Å². The second kappa shape index (κ2) is 7.44. The Balaban J connectivity index is 0.00000169. The van der Waals surface area contributed by atoms with Gasteiger partial charge in [-0.15, -0.1) is 12.4 Å². The highest BCUT2D eigenvalue weighted by Gasteiger charge is 2.42. The molecule has 1 amide bonds. The first-order chi connectivity index (χ1) is 11.2. The molecule has 6 heteroatoms. The van der Waals surface area contributed by atoms with E-state index < -0.39 is 0 Å². The second-order valence-corrected chi connectivity index (χ2v) is 7.60. The molecule has 0 radical (unpaired) electrons. The Bertz CT molecular complexity index is 573. The maximum Gasteiger partial charge on any atom is 0.227 e. The normalized spacial score (nSPS) is 33.0. The van der Waals surface area contributed by atoms with Gasteiger partial charge in [0.15, 0.2) is 0 Å². The monoisotopic (exact) mass is 352 g/mol. The summed E-state index contributed by atoms with van der Waals surface area (Å²) in [5.41, 5.74) is 1.20. The van der Waals surface area contributed by atoms with Gasteiger partial charge in [-0.3, -0.25) is 9.48 Å². The van der Waals surface area contributed by atoms with Gasteiger partial charge in [0.05, 0.1) is 12.1 Å². The molecule has 4 atom stereocenters. The lowest BCUT2D eigenvalue weighted by atomic mass is 9.77. The molecule has 1 aliphatic carbocycles. The number of aromatic nitrogens is 2.